The number of carbonyl (C=O) groups is 2. The molecular weight excluding hydrogens is 628 g/mol. The van der Waals surface area contributed by atoms with Gasteiger partial charge in [-0.05, 0) is 75.4 Å². The van der Waals surface area contributed by atoms with E-state index in [0.717, 1.165) is 35.2 Å². The smallest absolute Gasteiger partial charge is 0.411 e. The van der Waals surface area contributed by atoms with Crippen LogP contribution in [0.4, 0.5) is 4.79 Å². The molecule has 2 amide bonds. The zero-order valence-electron chi connectivity index (χ0n) is 26.7. The largest absolute Gasteiger partial charge is 0.444 e. The van der Waals surface area contributed by atoms with Crippen LogP contribution in [0.3, 0.4) is 0 Å². The topological polar surface area (TPSA) is 118 Å². The normalized spacial score (nSPS) is 23.3. The third-order valence-corrected chi connectivity index (χ3v) is 11.5. The van der Waals surface area contributed by atoms with Crippen LogP contribution >= 0.6 is 11.6 Å². The second kappa shape index (κ2) is 12.6. The van der Waals surface area contributed by atoms with E-state index >= 15 is 0 Å². The highest BCUT2D eigenvalue weighted by Crippen LogP contribution is 2.38. The maximum atomic E-state index is 14.5. The predicted molar refractivity (Wildman–Crippen MR) is 174 cm³/mol. The lowest BCUT2D eigenvalue weighted by molar-refractivity contribution is -0.139. The van der Waals surface area contributed by atoms with Crippen LogP contribution in [0.2, 0.25) is 5.02 Å². The first-order valence-corrected chi connectivity index (χ1v) is 17.8. The molecule has 3 aromatic rings. The van der Waals surface area contributed by atoms with E-state index < -0.39 is 32.8 Å². The summed E-state index contributed by atoms with van der Waals surface area (Å²) in [7, 11) is -3.45. The van der Waals surface area contributed by atoms with Crippen LogP contribution in [0.5, 0.6) is 0 Å². The third-order valence-electron chi connectivity index (χ3n) is 9.15. The first-order valence-electron chi connectivity index (χ1n) is 15.7. The second-order valence-electron chi connectivity index (χ2n) is 13.4. The van der Waals surface area contributed by atoms with E-state index in [2.05, 4.69) is 16.0 Å². The number of sulfone groups is 1. The van der Waals surface area contributed by atoms with Crippen molar-refractivity contribution < 1.29 is 22.7 Å². The summed E-state index contributed by atoms with van der Waals surface area (Å²) in [5.74, 6) is 0.272. The lowest BCUT2D eigenvalue weighted by Gasteiger charge is -2.46. The van der Waals surface area contributed by atoms with Gasteiger partial charge < -0.3 is 14.2 Å². The zero-order chi connectivity index (χ0) is 32.8. The van der Waals surface area contributed by atoms with E-state index in [1.165, 1.54) is 4.90 Å². The predicted octanol–water partition coefficient (Wildman–Crippen LogP) is 3.68. The summed E-state index contributed by atoms with van der Waals surface area (Å²) >= 11 is 6.43. The fraction of sp³-hybridized carbons (Fsp3) is 0.515. The summed E-state index contributed by atoms with van der Waals surface area (Å²) < 4.78 is 33.9. The standard InChI is InChI=1S/C33H41ClN6O5S/c1-22-35-12-13-37(22)19-26-20-39(16-17-46(26,43)44)31(41)28-21-38(14-15-40(28)32(42)45-33(2,3)4)30-27-10-9-25(34)18-24(27)8-7-23-6-5-11-36-29(23)30/h5-6,9-13,18,26,28,30H,7-8,14-17,19-21H2,1-4H3/t26?,28-,30?/m1/s1. The van der Waals surface area contributed by atoms with Crippen LogP contribution in [0.15, 0.2) is 48.9 Å². The molecular formula is C33H41ClN6O5S. The molecule has 0 bridgehead atoms. The van der Waals surface area contributed by atoms with E-state index in [-0.39, 0.29) is 50.4 Å². The van der Waals surface area contributed by atoms with Crippen molar-refractivity contribution in [3.8, 4) is 0 Å². The number of nitrogens with zero attached hydrogens (tertiary/aromatic N) is 6. The van der Waals surface area contributed by atoms with E-state index in [9.17, 15) is 18.0 Å². The number of benzene rings is 1. The number of carbonyl (C=O) groups excluding carboxylic acids is 2. The number of amides is 2. The minimum absolute atomic E-state index is 0.0343. The van der Waals surface area contributed by atoms with Crippen molar-refractivity contribution in [1.29, 1.82) is 0 Å². The number of aryl methyl sites for hydroxylation is 3. The number of halogens is 1. The molecule has 2 aromatic heterocycles. The first-order chi connectivity index (χ1) is 21.8. The fourth-order valence-electron chi connectivity index (χ4n) is 6.79. The second-order valence-corrected chi connectivity index (χ2v) is 16.2. The monoisotopic (exact) mass is 668 g/mol. The molecule has 1 aromatic carbocycles. The van der Waals surface area contributed by atoms with Gasteiger partial charge in [0.15, 0.2) is 9.84 Å². The Morgan fingerprint density at radius 3 is 2.54 bits per heavy atom. The van der Waals surface area contributed by atoms with Crippen LogP contribution < -0.4 is 0 Å². The van der Waals surface area contributed by atoms with Crippen LogP contribution in [0, 0.1) is 6.92 Å². The number of pyridine rings is 1. The molecule has 6 rings (SSSR count). The van der Waals surface area contributed by atoms with Crippen molar-refractivity contribution in [1.82, 2.24) is 29.2 Å². The van der Waals surface area contributed by atoms with Gasteiger partial charge in [0.25, 0.3) is 0 Å². The fourth-order valence-corrected chi connectivity index (χ4v) is 8.59. The van der Waals surface area contributed by atoms with Gasteiger partial charge in [0.05, 0.1) is 22.7 Å². The van der Waals surface area contributed by atoms with Crippen LogP contribution in [0.25, 0.3) is 0 Å². The Balaban J connectivity index is 1.34. The lowest BCUT2D eigenvalue weighted by Crippen LogP contribution is -2.64. The maximum Gasteiger partial charge on any atom is 0.411 e. The number of aromatic nitrogens is 3. The van der Waals surface area contributed by atoms with Crippen molar-refractivity contribution in [3.05, 3.63) is 82.2 Å². The van der Waals surface area contributed by atoms with E-state index in [1.807, 2.05) is 31.2 Å². The van der Waals surface area contributed by atoms with Gasteiger partial charge in [-0.2, -0.15) is 0 Å². The van der Waals surface area contributed by atoms with Crippen molar-refractivity contribution >= 4 is 33.4 Å². The summed E-state index contributed by atoms with van der Waals surface area (Å²) in [4.78, 5) is 42.5. The molecule has 2 aliphatic heterocycles. The van der Waals surface area contributed by atoms with Gasteiger partial charge >= 0.3 is 6.09 Å². The number of imidazole rings is 1. The van der Waals surface area contributed by atoms with Crippen molar-refractivity contribution in [2.24, 2.45) is 0 Å². The van der Waals surface area contributed by atoms with E-state index in [1.54, 1.807) is 48.8 Å². The number of piperazine rings is 1. The maximum absolute atomic E-state index is 14.5. The molecule has 0 spiro atoms. The number of hydrogen-bond donors (Lipinski definition) is 0. The molecule has 2 unspecified atom stereocenters. The molecule has 13 heteroatoms. The summed E-state index contributed by atoms with van der Waals surface area (Å²) in [6.45, 7) is 8.50. The van der Waals surface area contributed by atoms with Gasteiger partial charge in [-0.25, -0.2) is 18.2 Å². The van der Waals surface area contributed by atoms with Gasteiger partial charge in [-0.15, -0.1) is 0 Å². The molecule has 46 heavy (non-hydrogen) atoms. The van der Waals surface area contributed by atoms with Crippen molar-refractivity contribution in [3.63, 3.8) is 0 Å². The third kappa shape index (κ3) is 6.65. The highest BCUT2D eigenvalue weighted by molar-refractivity contribution is 7.92. The highest BCUT2D eigenvalue weighted by Gasteiger charge is 2.45. The molecule has 1 aliphatic carbocycles. The van der Waals surface area contributed by atoms with Gasteiger partial charge in [0, 0.05) is 62.9 Å². The average molecular weight is 669 g/mol. The highest BCUT2D eigenvalue weighted by atomic mass is 35.5. The van der Waals surface area contributed by atoms with Gasteiger partial charge in [-0.1, -0.05) is 23.7 Å². The Labute approximate surface area is 275 Å². The van der Waals surface area contributed by atoms with E-state index in [0.29, 0.717) is 17.4 Å². The molecule has 2 saturated heterocycles. The average Bonchev–Trinajstić information content (AvgIpc) is 3.33. The quantitative estimate of drug-likeness (QED) is 0.414. The Kier molecular flexibility index (Phi) is 8.90. The molecule has 0 N–H and O–H groups in total. The first kappa shape index (κ1) is 32.5. The summed E-state index contributed by atoms with van der Waals surface area (Å²) in [6.07, 6.45) is 6.24. The minimum Gasteiger partial charge on any atom is -0.444 e. The number of fused-ring (bicyclic) bond motifs is 2. The Hall–Kier alpha value is -3.48. The number of rotatable bonds is 4. The molecule has 11 nitrogen and oxygen atoms in total. The number of hydrogen-bond acceptors (Lipinski definition) is 8. The van der Waals surface area contributed by atoms with Crippen molar-refractivity contribution in [2.45, 2.75) is 70.0 Å². The van der Waals surface area contributed by atoms with Gasteiger partial charge in [-0.3, -0.25) is 19.6 Å². The molecule has 0 saturated carbocycles. The molecule has 3 atom stereocenters. The summed E-state index contributed by atoms with van der Waals surface area (Å²) in [6, 6.07) is 8.84. The Morgan fingerprint density at radius 2 is 1.80 bits per heavy atom. The summed E-state index contributed by atoms with van der Waals surface area (Å²) in [5, 5.41) is -0.123. The van der Waals surface area contributed by atoms with Crippen LogP contribution in [-0.2, 0) is 38.8 Å². The molecule has 246 valence electrons. The Bertz CT molecular complexity index is 1740. The van der Waals surface area contributed by atoms with Crippen LogP contribution in [-0.4, -0.2) is 105 Å². The molecule has 0 radical (unpaired) electrons. The SMILES string of the molecule is Cc1nccn1CC1CN(C(=O)[C@H]2CN(C3c4ccc(Cl)cc4CCc4cccnc43)CCN2C(=O)OC(C)(C)C)CCS1(=O)=O. The van der Waals surface area contributed by atoms with Gasteiger partial charge in [0.1, 0.15) is 17.5 Å². The van der Waals surface area contributed by atoms with Crippen molar-refractivity contribution in [2.75, 3.05) is 38.5 Å². The lowest BCUT2D eigenvalue weighted by atomic mass is 9.95. The minimum atomic E-state index is -3.45. The molecule has 2 fully saturated rings. The molecule has 4 heterocycles. The van der Waals surface area contributed by atoms with Gasteiger partial charge in [0.2, 0.25) is 5.91 Å². The van der Waals surface area contributed by atoms with E-state index in [4.69, 9.17) is 21.3 Å². The Morgan fingerprint density at radius 1 is 1.02 bits per heavy atom. The summed E-state index contributed by atoms with van der Waals surface area (Å²) in [5.41, 5.74) is 3.53. The zero-order valence-corrected chi connectivity index (χ0v) is 28.3. The number of ether oxygens (including phenoxy) is 1. The van der Waals surface area contributed by atoms with Crippen LogP contribution in [0.1, 0.15) is 55.0 Å². The molecule has 3 aliphatic rings.